The summed E-state index contributed by atoms with van der Waals surface area (Å²) in [4.78, 5) is 11.2. The average molecular weight is 420 g/mol. The van der Waals surface area contributed by atoms with Gasteiger partial charge < -0.3 is 19.7 Å². The van der Waals surface area contributed by atoms with Gasteiger partial charge in [0.25, 0.3) is 0 Å². The van der Waals surface area contributed by atoms with Crippen LogP contribution in [-0.2, 0) is 26.0 Å². The lowest BCUT2D eigenvalue weighted by atomic mass is 10.2. The van der Waals surface area contributed by atoms with Crippen molar-refractivity contribution in [2.24, 2.45) is 0 Å². The van der Waals surface area contributed by atoms with Crippen LogP contribution in [0.15, 0.2) is 41.6 Å². The summed E-state index contributed by atoms with van der Waals surface area (Å²) in [6.07, 6.45) is 3.19. The molecule has 0 unspecified atom stereocenters. The van der Waals surface area contributed by atoms with Gasteiger partial charge in [-0.25, -0.2) is 18.4 Å². The minimum absolute atomic E-state index is 0.195. The van der Waals surface area contributed by atoms with Crippen LogP contribution in [0, 0.1) is 0 Å². The molecule has 0 aliphatic carbocycles. The van der Waals surface area contributed by atoms with Crippen LogP contribution in [0.3, 0.4) is 0 Å². The van der Waals surface area contributed by atoms with Crippen molar-refractivity contribution in [1.82, 2.24) is 14.3 Å². The Hall–Kier alpha value is -2.27. The molecule has 2 fully saturated rings. The second kappa shape index (κ2) is 9.04. The zero-order valence-corrected chi connectivity index (χ0v) is 17.0. The molecule has 10 heteroatoms. The topological polar surface area (TPSA) is 96.9 Å². The van der Waals surface area contributed by atoms with Crippen molar-refractivity contribution in [2.75, 3.05) is 62.8 Å². The van der Waals surface area contributed by atoms with Gasteiger partial charge in [0.1, 0.15) is 16.5 Å². The summed E-state index contributed by atoms with van der Waals surface area (Å²) in [6.45, 7) is 5.15. The smallest absolute Gasteiger partial charge is 0.244 e. The number of nitrogens with one attached hydrogen (secondary N) is 1. The summed E-state index contributed by atoms with van der Waals surface area (Å²) >= 11 is 0. The molecule has 2 aliphatic rings. The quantitative estimate of drug-likeness (QED) is 0.739. The third-order valence-corrected chi connectivity index (χ3v) is 6.86. The first-order valence-electron chi connectivity index (χ1n) is 9.69. The number of nitrogens with zero attached hydrogens (tertiary/aromatic N) is 4. The van der Waals surface area contributed by atoms with Crippen molar-refractivity contribution in [3.8, 4) is 0 Å². The Morgan fingerprint density at radius 2 is 1.69 bits per heavy atom. The molecular weight excluding hydrogens is 394 g/mol. The van der Waals surface area contributed by atoms with Crippen LogP contribution in [0.2, 0.25) is 0 Å². The van der Waals surface area contributed by atoms with Crippen LogP contribution < -0.4 is 10.2 Å². The highest BCUT2D eigenvalue weighted by Gasteiger charge is 2.26. The maximum atomic E-state index is 12.7. The van der Waals surface area contributed by atoms with Gasteiger partial charge in [-0.3, -0.25) is 0 Å². The highest BCUT2D eigenvalue weighted by atomic mass is 32.2. The molecule has 0 aromatic carbocycles. The van der Waals surface area contributed by atoms with Gasteiger partial charge in [0, 0.05) is 50.7 Å². The number of rotatable bonds is 6. The van der Waals surface area contributed by atoms with Gasteiger partial charge in [0.2, 0.25) is 10.0 Å². The Morgan fingerprint density at radius 1 is 0.966 bits per heavy atom. The van der Waals surface area contributed by atoms with Gasteiger partial charge in [-0.1, -0.05) is 6.07 Å². The number of hydrogen-bond acceptors (Lipinski definition) is 8. The number of pyridine rings is 2. The zero-order valence-electron chi connectivity index (χ0n) is 16.2. The molecule has 2 aliphatic heterocycles. The number of hydrogen-bond donors (Lipinski definition) is 1. The van der Waals surface area contributed by atoms with E-state index in [0.29, 0.717) is 51.9 Å². The molecule has 0 spiro atoms. The molecule has 4 rings (SSSR count). The third-order valence-electron chi connectivity index (χ3n) is 4.98. The van der Waals surface area contributed by atoms with Crippen LogP contribution in [0.4, 0.5) is 11.6 Å². The standard InChI is InChI=1S/C19H25N5O4S/c25-29(26,24-8-12-28-13-9-24)17-3-4-18(22-15-17)21-14-16-2-1-5-20-19(16)23-6-10-27-11-7-23/h1-5,15H,6-14H2,(H,21,22). The van der Waals surface area contributed by atoms with Crippen molar-refractivity contribution in [3.05, 3.63) is 42.2 Å². The van der Waals surface area contributed by atoms with E-state index in [1.807, 2.05) is 12.1 Å². The molecular formula is C19H25N5O4S. The first kappa shape index (κ1) is 20.0. The predicted molar refractivity (Wildman–Crippen MR) is 108 cm³/mol. The van der Waals surface area contributed by atoms with Crippen molar-refractivity contribution >= 4 is 21.7 Å². The molecule has 0 saturated carbocycles. The Kier molecular flexibility index (Phi) is 6.24. The fourth-order valence-electron chi connectivity index (χ4n) is 3.39. The molecule has 29 heavy (non-hydrogen) atoms. The summed E-state index contributed by atoms with van der Waals surface area (Å²) in [5, 5.41) is 3.26. The summed E-state index contributed by atoms with van der Waals surface area (Å²) in [5.41, 5.74) is 1.06. The third kappa shape index (κ3) is 4.67. The molecule has 156 valence electrons. The van der Waals surface area contributed by atoms with E-state index in [1.165, 1.54) is 10.5 Å². The number of aromatic nitrogens is 2. The van der Waals surface area contributed by atoms with E-state index < -0.39 is 10.0 Å². The molecule has 0 bridgehead atoms. The first-order chi connectivity index (χ1) is 14.1. The van der Waals surface area contributed by atoms with Gasteiger partial charge in [-0.05, 0) is 18.2 Å². The Bertz CT molecular complexity index is 910. The molecule has 0 radical (unpaired) electrons. The van der Waals surface area contributed by atoms with E-state index in [1.54, 1.807) is 18.3 Å². The Labute approximate surface area is 170 Å². The highest BCUT2D eigenvalue weighted by Crippen LogP contribution is 2.21. The molecule has 2 saturated heterocycles. The average Bonchev–Trinajstić information content (AvgIpc) is 2.79. The molecule has 2 aromatic heterocycles. The Balaban J connectivity index is 1.42. The number of morpholine rings is 2. The van der Waals surface area contributed by atoms with Crippen LogP contribution >= 0.6 is 0 Å². The number of anilines is 2. The minimum Gasteiger partial charge on any atom is -0.379 e. The Morgan fingerprint density at radius 3 is 2.38 bits per heavy atom. The fraction of sp³-hybridized carbons (Fsp3) is 0.474. The zero-order chi connectivity index (χ0) is 20.1. The van der Waals surface area contributed by atoms with Crippen molar-refractivity contribution in [1.29, 1.82) is 0 Å². The van der Waals surface area contributed by atoms with Crippen LogP contribution in [-0.4, -0.2) is 75.3 Å². The first-order valence-corrected chi connectivity index (χ1v) is 11.1. The van der Waals surface area contributed by atoms with Gasteiger partial charge in [0.05, 0.1) is 26.4 Å². The normalized spacial score (nSPS) is 18.6. The molecule has 1 N–H and O–H groups in total. The van der Waals surface area contributed by atoms with Crippen molar-refractivity contribution < 1.29 is 17.9 Å². The molecule has 9 nitrogen and oxygen atoms in total. The van der Waals surface area contributed by atoms with E-state index in [2.05, 4.69) is 20.2 Å². The molecule has 4 heterocycles. The lowest BCUT2D eigenvalue weighted by Gasteiger charge is -2.29. The molecule has 2 aromatic rings. The molecule has 0 amide bonds. The van der Waals surface area contributed by atoms with E-state index in [4.69, 9.17) is 9.47 Å². The van der Waals surface area contributed by atoms with Crippen LogP contribution in [0.25, 0.3) is 0 Å². The van der Waals surface area contributed by atoms with Gasteiger partial charge in [-0.2, -0.15) is 4.31 Å². The van der Waals surface area contributed by atoms with E-state index in [9.17, 15) is 8.42 Å². The summed E-state index contributed by atoms with van der Waals surface area (Å²) in [6, 6.07) is 7.22. The predicted octanol–water partition coefficient (Wildman–Crippen LogP) is 0.946. The lowest BCUT2D eigenvalue weighted by molar-refractivity contribution is 0.0730. The second-order valence-corrected chi connectivity index (χ2v) is 8.77. The van der Waals surface area contributed by atoms with Gasteiger partial charge in [0.15, 0.2) is 0 Å². The summed E-state index contributed by atoms with van der Waals surface area (Å²) in [7, 11) is -3.53. The molecule has 0 atom stereocenters. The highest BCUT2D eigenvalue weighted by molar-refractivity contribution is 7.89. The maximum absolute atomic E-state index is 12.7. The fourth-order valence-corrected chi connectivity index (χ4v) is 4.74. The second-order valence-electron chi connectivity index (χ2n) is 6.83. The summed E-state index contributed by atoms with van der Waals surface area (Å²) < 4.78 is 37.5. The van der Waals surface area contributed by atoms with Crippen molar-refractivity contribution in [2.45, 2.75) is 11.4 Å². The van der Waals surface area contributed by atoms with E-state index in [0.717, 1.165) is 24.5 Å². The number of sulfonamides is 1. The number of ether oxygens (including phenoxy) is 2. The van der Waals surface area contributed by atoms with Crippen LogP contribution in [0.5, 0.6) is 0 Å². The monoisotopic (exact) mass is 419 g/mol. The maximum Gasteiger partial charge on any atom is 0.244 e. The lowest BCUT2D eigenvalue weighted by Crippen LogP contribution is -2.40. The van der Waals surface area contributed by atoms with E-state index in [-0.39, 0.29) is 4.90 Å². The van der Waals surface area contributed by atoms with Gasteiger partial charge >= 0.3 is 0 Å². The van der Waals surface area contributed by atoms with Crippen LogP contribution in [0.1, 0.15) is 5.56 Å². The summed E-state index contributed by atoms with van der Waals surface area (Å²) in [5.74, 6) is 1.55. The minimum atomic E-state index is -3.53. The SMILES string of the molecule is O=S(=O)(c1ccc(NCc2cccnc2N2CCOCC2)nc1)N1CCOCC1. The van der Waals surface area contributed by atoms with Crippen molar-refractivity contribution in [3.63, 3.8) is 0 Å². The van der Waals surface area contributed by atoms with Gasteiger partial charge in [-0.15, -0.1) is 0 Å². The van der Waals surface area contributed by atoms with E-state index >= 15 is 0 Å². The largest absolute Gasteiger partial charge is 0.379 e.